The monoisotopic (exact) mass is 350 g/mol. The highest BCUT2D eigenvalue weighted by Crippen LogP contribution is 2.29. The van der Waals surface area contributed by atoms with Crippen molar-refractivity contribution >= 4 is 18.0 Å². The van der Waals surface area contributed by atoms with Crippen molar-refractivity contribution < 1.29 is 14.6 Å². The van der Waals surface area contributed by atoms with Gasteiger partial charge < -0.3 is 9.84 Å². The number of benzene rings is 1. The normalized spacial score (nSPS) is 15.9. The number of aliphatic hydroxyl groups excluding tert-OH is 1. The molecule has 1 aliphatic rings. The average Bonchev–Trinajstić information content (AvgIpc) is 2.68. The minimum Gasteiger partial charge on any atom is -0.410 e. The first-order valence-corrected chi connectivity index (χ1v) is 8.75. The number of hydrogen-bond acceptors (Lipinski definition) is 4. The summed E-state index contributed by atoms with van der Waals surface area (Å²) in [6.07, 6.45) is 11.5. The van der Waals surface area contributed by atoms with Crippen molar-refractivity contribution in [3.63, 3.8) is 0 Å². The SMILES string of the molecule is O=C(Oc1ccccc1)N1c2ncccc2C=CC1C/C=C/CCCO. The topological polar surface area (TPSA) is 62.7 Å². The van der Waals surface area contributed by atoms with E-state index in [9.17, 15) is 4.79 Å². The predicted molar refractivity (Wildman–Crippen MR) is 102 cm³/mol. The maximum Gasteiger partial charge on any atom is 0.421 e. The number of unbranched alkanes of at least 4 members (excludes halogenated alkanes) is 1. The Balaban J connectivity index is 1.79. The highest BCUT2D eigenvalue weighted by molar-refractivity contribution is 5.93. The van der Waals surface area contributed by atoms with Gasteiger partial charge in [0.25, 0.3) is 0 Å². The maximum absolute atomic E-state index is 12.8. The molecule has 26 heavy (non-hydrogen) atoms. The van der Waals surface area contributed by atoms with Crippen LogP contribution in [0.1, 0.15) is 24.8 Å². The number of carbonyl (C=O) groups excluding carboxylic acids is 1. The van der Waals surface area contributed by atoms with Crippen molar-refractivity contribution in [1.82, 2.24) is 4.98 Å². The zero-order valence-corrected chi connectivity index (χ0v) is 14.5. The van der Waals surface area contributed by atoms with Gasteiger partial charge in [-0.05, 0) is 43.5 Å². The molecule has 0 aliphatic carbocycles. The number of allylic oxidation sites excluding steroid dienone is 1. The third-order valence-electron chi connectivity index (χ3n) is 4.09. The first-order valence-electron chi connectivity index (χ1n) is 8.75. The average molecular weight is 350 g/mol. The molecule has 1 aliphatic heterocycles. The number of fused-ring (bicyclic) bond motifs is 1. The van der Waals surface area contributed by atoms with Crippen molar-refractivity contribution in [2.45, 2.75) is 25.3 Å². The summed E-state index contributed by atoms with van der Waals surface area (Å²) in [5.74, 6) is 1.10. The number of hydrogen-bond donors (Lipinski definition) is 1. The molecule has 1 N–H and O–H groups in total. The molecule has 134 valence electrons. The van der Waals surface area contributed by atoms with Crippen molar-refractivity contribution in [1.29, 1.82) is 0 Å². The molecule has 1 atom stereocenters. The van der Waals surface area contributed by atoms with Crippen molar-refractivity contribution in [2.75, 3.05) is 11.5 Å². The third kappa shape index (κ3) is 4.37. The van der Waals surface area contributed by atoms with Gasteiger partial charge in [-0.15, -0.1) is 0 Å². The van der Waals surface area contributed by atoms with Gasteiger partial charge in [0.05, 0.1) is 6.04 Å². The second-order valence-electron chi connectivity index (χ2n) is 5.97. The maximum atomic E-state index is 12.8. The number of nitrogens with zero attached hydrogens (tertiary/aromatic N) is 2. The Bertz CT molecular complexity index is 787. The van der Waals surface area contributed by atoms with E-state index in [1.54, 1.807) is 23.2 Å². The van der Waals surface area contributed by atoms with E-state index in [2.05, 4.69) is 4.98 Å². The molecule has 0 fully saturated rings. The van der Waals surface area contributed by atoms with E-state index in [-0.39, 0.29) is 12.6 Å². The number of para-hydroxylation sites is 1. The Morgan fingerprint density at radius 1 is 1.19 bits per heavy atom. The molecule has 1 aromatic carbocycles. The number of pyridine rings is 1. The molecule has 0 radical (unpaired) electrons. The summed E-state index contributed by atoms with van der Waals surface area (Å²) in [6, 6.07) is 12.6. The lowest BCUT2D eigenvalue weighted by molar-refractivity contribution is 0.205. The van der Waals surface area contributed by atoms with Crippen LogP contribution in [0.25, 0.3) is 6.08 Å². The van der Waals surface area contributed by atoms with E-state index in [1.165, 1.54) is 0 Å². The molecule has 1 unspecified atom stereocenters. The minimum atomic E-state index is -0.450. The first kappa shape index (κ1) is 17.9. The van der Waals surface area contributed by atoms with E-state index < -0.39 is 6.09 Å². The van der Waals surface area contributed by atoms with Gasteiger partial charge in [-0.1, -0.05) is 42.5 Å². The standard InChI is InChI=1S/C21H22N2O3/c24-16-7-2-1-4-10-18-14-13-17-9-8-15-22-20(17)23(18)21(25)26-19-11-5-3-6-12-19/h1,3-6,8-9,11-15,18,24H,2,7,10,16H2/b4-1+. The molecule has 2 aromatic rings. The quantitative estimate of drug-likeness (QED) is 0.626. The molecule has 1 amide bonds. The van der Waals surface area contributed by atoms with E-state index >= 15 is 0 Å². The minimum absolute atomic E-state index is 0.168. The molecule has 2 heterocycles. The smallest absolute Gasteiger partial charge is 0.410 e. The fraction of sp³-hybridized carbons (Fsp3) is 0.238. The second-order valence-corrected chi connectivity index (χ2v) is 5.97. The van der Waals surface area contributed by atoms with E-state index in [0.717, 1.165) is 18.4 Å². The number of ether oxygens (including phenoxy) is 1. The van der Waals surface area contributed by atoms with Crippen LogP contribution in [0.3, 0.4) is 0 Å². The van der Waals surface area contributed by atoms with Gasteiger partial charge >= 0.3 is 6.09 Å². The van der Waals surface area contributed by atoms with Crippen LogP contribution >= 0.6 is 0 Å². The Kier molecular flexibility index (Phi) is 6.17. The highest BCUT2D eigenvalue weighted by atomic mass is 16.6. The predicted octanol–water partition coefficient (Wildman–Crippen LogP) is 4.20. The van der Waals surface area contributed by atoms with Gasteiger partial charge in [0.2, 0.25) is 0 Å². The summed E-state index contributed by atoms with van der Waals surface area (Å²) < 4.78 is 5.54. The molecule has 0 spiro atoms. The summed E-state index contributed by atoms with van der Waals surface area (Å²) in [6.45, 7) is 0.181. The van der Waals surface area contributed by atoms with E-state index in [0.29, 0.717) is 18.0 Å². The molecule has 3 rings (SSSR count). The molecule has 1 aromatic heterocycles. The number of carbonyl (C=O) groups is 1. The molecule has 5 nitrogen and oxygen atoms in total. The lowest BCUT2D eigenvalue weighted by Crippen LogP contribution is -2.43. The van der Waals surface area contributed by atoms with Crippen LogP contribution in [0.5, 0.6) is 5.75 Å². The Morgan fingerprint density at radius 2 is 2.04 bits per heavy atom. The number of aliphatic hydroxyl groups is 1. The zero-order chi connectivity index (χ0) is 18.2. The molecular formula is C21H22N2O3. The van der Waals surface area contributed by atoms with Gasteiger partial charge in [-0.3, -0.25) is 4.90 Å². The van der Waals surface area contributed by atoms with Crippen LogP contribution in [0, 0.1) is 0 Å². The molecule has 0 saturated heterocycles. The Morgan fingerprint density at radius 3 is 2.85 bits per heavy atom. The number of rotatable bonds is 6. The van der Waals surface area contributed by atoms with Crippen molar-refractivity contribution in [3.05, 3.63) is 72.5 Å². The van der Waals surface area contributed by atoms with Crippen molar-refractivity contribution in [2.24, 2.45) is 0 Å². The summed E-state index contributed by atoms with van der Waals surface area (Å²) in [4.78, 5) is 18.8. The van der Waals surface area contributed by atoms with Crippen LogP contribution in [0.2, 0.25) is 0 Å². The van der Waals surface area contributed by atoms with Gasteiger partial charge in [0, 0.05) is 18.4 Å². The second kappa shape index (κ2) is 8.97. The van der Waals surface area contributed by atoms with Gasteiger partial charge in [0.1, 0.15) is 11.6 Å². The van der Waals surface area contributed by atoms with Crippen LogP contribution in [-0.4, -0.2) is 28.8 Å². The third-order valence-corrected chi connectivity index (χ3v) is 4.09. The number of anilines is 1. The van der Waals surface area contributed by atoms with Gasteiger partial charge in [-0.25, -0.2) is 9.78 Å². The zero-order valence-electron chi connectivity index (χ0n) is 14.5. The van der Waals surface area contributed by atoms with Crippen molar-refractivity contribution in [3.8, 4) is 5.75 Å². The summed E-state index contributed by atoms with van der Waals surface area (Å²) >= 11 is 0. The lowest BCUT2D eigenvalue weighted by atomic mass is 10.0. The van der Waals surface area contributed by atoms with Crippen LogP contribution in [0.4, 0.5) is 10.6 Å². The van der Waals surface area contributed by atoms with Crippen LogP contribution in [-0.2, 0) is 0 Å². The fourth-order valence-corrected chi connectivity index (χ4v) is 2.81. The summed E-state index contributed by atoms with van der Waals surface area (Å²) in [5.41, 5.74) is 0.887. The van der Waals surface area contributed by atoms with E-state index in [4.69, 9.17) is 9.84 Å². The number of aromatic nitrogens is 1. The van der Waals surface area contributed by atoms with Crippen LogP contribution in [0.15, 0.2) is 66.9 Å². The fourth-order valence-electron chi connectivity index (χ4n) is 2.81. The summed E-state index contributed by atoms with van der Waals surface area (Å²) in [7, 11) is 0. The largest absolute Gasteiger partial charge is 0.421 e. The summed E-state index contributed by atoms with van der Waals surface area (Å²) in [5, 5.41) is 8.86. The Hall–Kier alpha value is -2.92. The molecule has 0 bridgehead atoms. The van der Waals surface area contributed by atoms with E-state index in [1.807, 2.05) is 54.6 Å². The highest BCUT2D eigenvalue weighted by Gasteiger charge is 2.30. The number of amides is 1. The Labute approximate surface area is 153 Å². The lowest BCUT2D eigenvalue weighted by Gasteiger charge is -2.31. The molecule has 0 saturated carbocycles. The van der Waals surface area contributed by atoms with Gasteiger partial charge in [-0.2, -0.15) is 0 Å². The van der Waals surface area contributed by atoms with Crippen LogP contribution < -0.4 is 9.64 Å². The molecule has 5 heteroatoms. The first-order chi connectivity index (χ1) is 12.8. The van der Waals surface area contributed by atoms with Gasteiger partial charge in [0.15, 0.2) is 0 Å². The molecular weight excluding hydrogens is 328 g/mol.